The molecule has 110 valence electrons. The quantitative estimate of drug-likeness (QED) is 0.798. The third-order valence-electron chi connectivity index (χ3n) is 3.57. The highest BCUT2D eigenvalue weighted by atomic mass is 35.5. The summed E-state index contributed by atoms with van der Waals surface area (Å²) in [6.45, 7) is 5.75. The number of methoxy groups -OCH3 is 1. The number of halogens is 1. The molecule has 0 spiro atoms. The Labute approximate surface area is 129 Å². The lowest BCUT2D eigenvalue weighted by Gasteiger charge is -2.12. The minimum absolute atomic E-state index is 0.0330. The van der Waals surface area contributed by atoms with Crippen molar-refractivity contribution >= 4 is 17.4 Å². The molecule has 1 aromatic heterocycles. The summed E-state index contributed by atoms with van der Waals surface area (Å²) in [6.07, 6.45) is 1.99. The molecule has 2 rings (SSSR count). The molecule has 1 heterocycles. The predicted molar refractivity (Wildman–Crippen MR) is 84.5 cm³/mol. The molecule has 0 saturated heterocycles. The highest BCUT2D eigenvalue weighted by Crippen LogP contribution is 2.25. The first-order valence-electron chi connectivity index (χ1n) is 6.72. The van der Waals surface area contributed by atoms with E-state index in [0.717, 1.165) is 28.1 Å². The average Bonchev–Trinajstić information content (AvgIpc) is 2.42. The van der Waals surface area contributed by atoms with E-state index in [-0.39, 0.29) is 12.2 Å². The molecule has 0 fully saturated rings. The average molecular weight is 304 g/mol. The molecule has 21 heavy (non-hydrogen) atoms. The van der Waals surface area contributed by atoms with Gasteiger partial charge in [-0.1, -0.05) is 11.6 Å². The van der Waals surface area contributed by atoms with E-state index in [1.807, 2.05) is 20.8 Å². The van der Waals surface area contributed by atoms with Gasteiger partial charge in [0.2, 0.25) is 0 Å². The zero-order valence-corrected chi connectivity index (χ0v) is 13.4. The molecule has 0 aliphatic carbocycles. The van der Waals surface area contributed by atoms with E-state index in [9.17, 15) is 4.79 Å². The number of ketones is 1. The van der Waals surface area contributed by atoms with Crippen molar-refractivity contribution in [1.29, 1.82) is 0 Å². The van der Waals surface area contributed by atoms with Crippen LogP contribution in [0.15, 0.2) is 24.4 Å². The maximum atomic E-state index is 12.5. The summed E-state index contributed by atoms with van der Waals surface area (Å²) in [7, 11) is 1.63. The van der Waals surface area contributed by atoms with Crippen LogP contribution in [-0.2, 0) is 6.42 Å². The smallest absolute Gasteiger partial charge is 0.169 e. The monoisotopic (exact) mass is 303 g/mol. The number of aromatic nitrogens is 1. The Kier molecular flexibility index (Phi) is 4.63. The summed E-state index contributed by atoms with van der Waals surface area (Å²) in [5.41, 5.74) is 4.19. The fourth-order valence-corrected chi connectivity index (χ4v) is 2.66. The normalized spacial score (nSPS) is 10.5. The van der Waals surface area contributed by atoms with Crippen molar-refractivity contribution in [3.8, 4) is 5.75 Å². The summed E-state index contributed by atoms with van der Waals surface area (Å²) < 4.78 is 5.37. The Bertz CT molecular complexity index is 695. The van der Waals surface area contributed by atoms with E-state index in [0.29, 0.717) is 10.6 Å². The Morgan fingerprint density at radius 3 is 2.57 bits per heavy atom. The molecular weight excluding hydrogens is 286 g/mol. The van der Waals surface area contributed by atoms with Gasteiger partial charge in [0.1, 0.15) is 5.75 Å². The highest BCUT2D eigenvalue weighted by Gasteiger charge is 2.15. The zero-order valence-electron chi connectivity index (χ0n) is 12.7. The molecule has 0 radical (unpaired) electrons. The number of nitrogens with zero attached hydrogens (tertiary/aromatic N) is 1. The Morgan fingerprint density at radius 1 is 1.24 bits per heavy atom. The number of pyridine rings is 1. The van der Waals surface area contributed by atoms with Crippen LogP contribution in [0.3, 0.4) is 0 Å². The molecule has 3 nitrogen and oxygen atoms in total. The first kappa shape index (κ1) is 15.5. The second-order valence-electron chi connectivity index (χ2n) is 5.11. The molecule has 0 saturated carbocycles. The molecule has 0 aliphatic rings. The van der Waals surface area contributed by atoms with E-state index < -0.39 is 0 Å². The lowest BCUT2D eigenvalue weighted by molar-refractivity contribution is 0.0991. The van der Waals surface area contributed by atoms with E-state index in [4.69, 9.17) is 16.3 Å². The molecule has 0 N–H and O–H groups in total. The van der Waals surface area contributed by atoms with Crippen LogP contribution in [0.4, 0.5) is 0 Å². The van der Waals surface area contributed by atoms with Gasteiger partial charge < -0.3 is 4.74 Å². The lowest BCUT2D eigenvalue weighted by Crippen LogP contribution is -2.09. The minimum Gasteiger partial charge on any atom is -0.496 e. The van der Waals surface area contributed by atoms with Gasteiger partial charge >= 0.3 is 0 Å². The van der Waals surface area contributed by atoms with Crippen LogP contribution in [0.5, 0.6) is 5.75 Å². The number of benzene rings is 1. The van der Waals surface area contributed by atoms with Gasteiger partial charge in [-0.2, -0.15) is 0 Å². The fourth-order valence-electron chi connectivity index (χ4n) is 2.44. The third kappa shape index (κ3) is 3.24. The van der Waals surface area contributed by atoms with E-state index >= 15 is 0 Å². The predicted octanol–water partition coefficient (Wildman–Crippen LogP) is 4.09. The number of Topliss-reactive ketones (excluding diaryl/α,β-unsaturated/α-hetero) is 1. The maximum Gasteiger partial charge on any atom is 0.169 e. The Morgan fingerprint density at radius 2 is 1.95 bits per heavy atom. The Balaban J connectivity index is 2.32. The van der Waals surface area contributed by atoms with Crippen LogP contribution < -0.4 is 4.74 Å². The number of carbonyl (C=O) groups is 1. The molecule has 0 atom stereocenters. The van der Waals surface area contributed by atoms with Gasteiger partial charge in [-0.05, 0) is 44.5 Å². The van der Waals surface area contributed by atoms with Crippen molar-refractivity contribution in [2.75, 3.05) is 7.11 Å². The summed E-state index contributed by atoms with van der Waals surface area (Å²) in [6, 6.07) is 5.29. The van der Waals surface area contributed by atoms with Crippen LogP contribution in [0.25, 0.3) is 0 Å². The zero-order chi connectivity index (χ0) is 15.6. The fraction of sp³-hybridized carbons (Fsp3) is 0.294. The van der Waals surface area contributed by atoms with Crippen LogP contribution in [-0.4, -0.2) is 17.9 Å². The van der Waals surface area contributed by atoms with Crippen molar-refractivity contribution in [1.82, 2.24) is 4.98 Å². The topological polar surface area (TPSA) is 39.2 Å². The molecule has 0 bridgehead atoms. The summed E-state index contributed by atoms with van der Waals surface area (Å²) in [4.78, 5) is 16.8. The van der Waals surface area contributed by atoms with Crippen molar-refractivity contribution < 1.29 is 9.53 Å². The molecule has 4 heteroatoms. The second kappa shape index (κ2) is 6.27. The van der Waals surface area contributed by atoms with Gasteiger partial charge in [-0.25, -0.2) is 0 Å². The summed E-state index contributed by atoms with van der Waals surface area (Å²) >= 11 is 5.92. The number of carbonyl (C=O) groups excluding carboxylic acids is 1. The van der Waals surface area contributed by atoms with Gasteiger partial charge in [-0.3, -0.25) is 9.78 Å². The number of ether oxygens (including phenoxy) is 1. The van der Waals surface area contributed by atoms with E-state index in [1.54, 1.807) is 31.5 Å². The number of aryl methyl sites for hydroxylation is 2. The third-order valence-corrected chi connectivity index (χ3v) is 3.80. The minimum atomic E-state index is 0.0330. The number of hydrogen-bond donors (Lipinski definition) is 0. The Hall–Kier alpha value is -1.87. The van der Waals surface area contributed by atoms with Gasteiger partial charge in [0.15, 0.2) is 5.78 Å². The van der Waals surface area contributed by atoms with Crippen molar-refractivity contribution in [2.24, 2.45) is 0 Å². The molecule has 0 aliphatic heterocycles. The van der Waals surface area contributed by atoms with Crippen LogP contribution in [0.2, 0.25) is 5.02 Å². The van der Waals surface area contributed by atoms with E-state index in [2.05, 4.69) is 4.98 Å². The molecule has 2 aromatic rings. The van der Waals surface area contributed by atoms with Crippen molar-refractivity contribution in [3.63, 3.8) is 0 Å². The molecular formula is C17H18ClNO2. The van der Waals surface area contributed by atoms with Gasteiger partial charge in [0, 0.05) is 27.9 Å². The van der Waals surface area contributed by atoms with Crippen LogP contribution in [0.1, 0.15) is 32.7 Å². The van der Waals surface area contributed by atoms with Crippen LogP contribution >= 0.6 is 11.6 Å². The highest BCUT2D eigenvalue weighted by molar-refractivity contribution is 6.30. The van der Waals surface area contributed by atoms with Gasteiger partial charge in [-0.15, -0.1) is 0 Å². The summed E-state index contributed by atoms with van der Waals surface area (Å²) in [5, 5.41) is 0.635. The van der Waals surface area contributed by atoms with Gasteiger partial charge in [0.25, 0.3) is 0 Å². The van der Waals surface area contributed by atoms with E-state index in [1.165, 1.54) is 0 Å². The van der Waals surface area contributed by atoms with Crippen LogP contribution in [0, 0.1) is 20.8 Å². The lowest BCUT2D eigenvalue weighted by atomic mass is 9.99. The van der Waals surface area contributed by atoms with Gasteiger partial charge in [0.05, 0.1) is 19.2 Å². The summed E-state index contributed by atoms with van der Waals surface area (Å²) in [5.74, 6) is 0.825. The molecule has 0 amide bonds. The first-order chi connectivity index (χ1) is 9.93. The standard InChI is InChI=1S/C17H18ClNO2/c1-10-7-13(18)5-6-14(10)16(20)8-15-12(3)17(21-4)11(2)9-19-15/h5-7,9H,8H2,1-4H3. The molecule has 1 aromatic carbocycles. The maximum absolute atomic E-state index is 12.5. The second-order valence-corrected chi connectivity index (χ2v) is 5.54. The number of rotatable bonds is 4. The largest absolute Gasteiger partial charge is 0.496 e. The SMILES string of the molecule is COc1c(C)cnc(CC(=O)c2ccc(Cl)cc2C)c1C. The first-order valence-corrected chi connectivity index (χ1v) is 7.10. The van der Waals surface area contributed by atoms with Crippen molar-refractivity contribution in [3.05, 3.63) is 57.4 Å². The number of hydrogen-bond acceptors (Lipinski definition) is 3. The molecule has 0 unspecified atom stereocenters. The van der Waals surface area contributed by atoms with Crippen molar-refractivity contribution in [2.45, 2.75) is 27.2 Å².